The fourth-order valence-corrected chi connectivity index (χ4v) is 3.57. The average Bonchev–Trinajstić information content (AvgIpc) is 3.11. The zero-order chi connectivity index (χ0) is 20.9. The van der Waals surface area contributed by atoms with Gasteiger partial charge in [-0.1, -0.05) is 44.2 Å². The number of oxazole rings is 1. The Kier molecular flexibility index (Phi) is 4.38. The molecule has 0 aliphatic carbocycles. The highest BCUT2D eigenvalue weighted by Gasteiger charge is 2.51. The maximum Gasteiger partial charge on any atom is 0.302 e. The number of ketones is 2. The van der Waals surface area contributed by atoms with E-state index in [2.05, 4.69) is 4.98 Å². The molecule has 1 aliphatic rings. The highest BCUT2D eigenvalue weighted by atomic mass is 16.4. The smallest absolute Gasteiger partial charge is 0.302 e. The van der Waals surface area contributed by atoms with Crippen LogP contribution in [-0.2, 0) is 19.2 Å². The van der Waals surface area contributed by atoms with Gasteiger partial charge in [0.05, 0.1) is 5.69 Å². The van der Waals surface area contributed by atoms with Gasteiger partial charge in [0.25, 0.3) is 0 Å². The van der Waals surface area contributed by atoms with Gasteiger partial charge >= 0.3 is 11.8 Å². The normalized spacial score (nSPS) is 15.8. The minimum atomic E-state index is -1.66. The van der Waals surface area contributed by atoms with Gasteiger partial charge in [0, 0.05) is 0 Å². The van der Waals surface area contributed by atoms with E-state index in [0.29, 0.717) is 27.1 Å². The molecule has 29 heavy (non-hydrogen) atoms. The van der Waals surface area contributed by atoms with Gasteiger partial charge in [-0.2, -0.15) is 0 Å². The molecule has 0 bridgehead atoms. The van der Waals surface area contributed by atoms with Crippen LogP contribution in [0.1, 0.15) is 42.7 Å². The Labute approximate surface area is 166 Å². The molecule has 2 aromatic carbocycles. The Morgan fingerprint density at radius 3 is 2.21 bits per heavy atom. The molecule has 1 fully saturated rings. The summed E-state index contributed by atoms with van der Waals surface area (Å²) in [5, 5.41) is 0. The topological polar surface area (TPSA) is 97.6 Å². The Hall–Kier alpha value is -3.61. The average molecular weight is 390 g/mol. The van der Waals surface area contributed by atoms with Crippen molar-refractivity contribution in [2.24, 2.45) is 0 Å². The summed E-state index contributed by atoms with van der Waals surface area (Å²) >= 11 is 0. The Bertz CT molecular complexity index is 1130. The predicted molar refractivity (Wildman–Crippen MR) is 105 cm³/mol. The minimum Gasteiger partial charge on any atom is -0.439 e. The van der Waals surface area contributed by atoms with Crippen LogP contribution in [-0.4, -0.2) is 28.4 Å². The summed E-state index contributed by atoms with van der Waals surface area (Å²) in [5.41, 5.74) is 2.42. The number of carbonyl (C=O) groups excluding carboxylic acids is 4. The number of piperidine rings is 1. The summed E-state index contributed by atoms with van der Waals surface area (Å²) in [6.45, 7) is 5.54. The van der Waals surface area contributed by atoms with Crippen LogP contribution in [0.5, 0.6) is 0 Å². The van der Waals surface area contributed by atoms with Gasteiger partial charge in [0.1, 0.15) is 5.52 Å². The summed E-state index contributed by atoms with van der Waals surface area (Å²) in [4.78, 5) is 56.5. The number of hydrogen-bond donors (Lipinski definition) is 0. The lowest BCUT2D eigenvalue weighted by Crippen LogP contribution is -2.55. The SMILES string of the molecule is Cc1cccc(C(C)C)c1N1C(=O)C(=O)C(c2nc3ccccc3o2)C(=O)C1=O. The number of carbonyl (C=O) groups is 4. The minimum absolute atomic E-state index is 0.0227. The van der Waals surface area contributed by atoms with Crippen molar-refractivity contribution >= 4 is 40.2 Å². The quantitative estimate of drug-likeness (QED) is 0.387. The molecule has 7 heteroatoms. The number of aryl methyl sites for hydroxylation is 1. The van der Waals surface area contributed by atoms with Crippen LogP contribution in [0, 0.1) is 6.92 Å². The zero-order valence-electron chi connectivity index (χ0n) is 16.1. The molecule has 0 radical (unpaired) electrons. The number of para-hydroxylation sites is 3. The van der Waals surface area contributed by atoms with E-state index in [9.17, 15) is 19.2 Å². The summed E-state index contributed by atoms with van der Waals surface area (Å²) in [6.07, 6.45) is 0. The van der Waals surface area contributed by atoms with Gasteiger partial charge in [0.15, 0.2) is 11.5 Å². The van der Waals surface area contributed by atoms with Gasteiger partial charge in [-0.05, 0) is 36.1 Å². The number of nitrogens with zero attached hydrogens (tertiary/aromatic N) is 2. The van der Waals surface area contributed by atoms with Crippen molar-refractivity contribution in [2.45, 2.75) is 32.6 Å². The molecular formula is C22H18N2O5. The molecule has 1 saturated heterocycles. The van der Waals surface area contributed by atoms with Crippen molar-refractivity contribution in [1.29, 1.82) is 0 Å². The highest BCUT2D eigenvalue weighted by Crippen LogP contribution is 2.35. The number of Topliss-reactive ketones (excluding diaryl/α,β-unsaturated/α-hetero) is 2. The van der Waals surface area contributed by atoms with Crippen LogP contribution in [0.3, 0.4) is 0 Å². The van der Waals surface area contributed by atoms with E-state index in [1.807, 2.05) is 13.8 Å². The third kappa shape index (κ3) is 2.86. The molecule has 0 saturated carbocycles. The molecule has 7 nitrogen and oxygen atoms in total. The Morgan fingerprint density at radius 1 is 0.931 bits per heavy atom. The molecule has 0 unspecified atom stereocenters. The summed E-state index contributed by atoms with van der Waals surface area (Å²) < 4.78 is 5.50. The lowest BCUT2D eigenvalue weighted by molar-refractivity contribution is -0.149. The number of benzene rings is 2. The Morgan fingerprint density at radius 2 is 1.59 bits per heavy atom. The predicted octanol–water partition coefficient (Wildman–Crippen LogP) is 3.05. The molecule has 1 aromatic heterocycles. The molecule has 2 amide bonds. The number of amides is 2. The molecule has 146 valence electrons. The highest BCUT2D eigenvalue weighted by molar-refractivity contribution is 6.66. The number of rotatable bonds is 3. The first-order valence-electron chi connectivity index (χ1n) is 9.22. The molecule has 4 rings (SSSR count). The molecule has 0 atom stereocenters. The first-order chi connectivity index (χ1) is 13.8. The van der Waals surface area contributed by atoms with Crippen molar-refractivity contribution in [3.63, 3.8) is 0 Å². The van der Waals surface area contributed by atoms with Gasteiger partial charge in [-0.25, -0.2) is 9.88 Å². The van der Waals surface area contributed by atoms with Crippen LogP contribution in [0.25, 0.3) is 11.1 Å². The van der Waals surface area contributed by atoms with E-state index < -0.39 is 29.3 Å². The second kappa shape index (κ2) is 6.77. The number of hydrogen-bond acceptors (Lipinski definition) is 6. The number of fused-ring (bicyclic) bond motifs is 1. The molecule has 0 N–H and O–H groups in total. The third-order valence-corrected chi connectivity index (χ3v) is 5.02. The van der Waals surface area contributed by atoms with Crippen LogP contribution < -0.4 is 4.90 Å². The number of aromatic nitrogens is 1. The molecule has 2 heterocycles. The van der Waals surface area contributed by atoms with Gasteiger partial charge in [0.2, 0.25) is 17.5 Å². The van der Waals surface area contributed by atoms with Gasteiger partial charge in [-0.3, -0.25) is 19.2 Å². The van der Waals surface area contributed by atoms with Gasteiger partial charge < -0.3 is 4.42 Å². The maximum atomic E-state index is 12.9. The summed E-state index contributed by atoms with van der Waals surface area (Å²) in [7, 11) is 0. The fraction of sp³-hybridized carbons (Fsp3) is 0.227. The van der Waals surface area contributed by atoms with E-state index in [0.717, 1.165) is 0 Å². The zero-order valence-corrected chi connectivity index (χ0v) is 16.1. The van der Waals surface area contributed by atoms with Crippen molar-refractivity contribution in [1.82, 2.24) is 4.98 Å². The van der Waals surface area contributed by atoms with Gasteiger partial charge in [-0.15, -0.1) is 0 Å². The molecule has 0 spiro atoms. The summed E-state index contributed by atoms with van der Waals surface area (Å²) in [5.74, 6) is -6.10. The van der Waals surface area contributed by atoms with E-state index in [1.165, 1.54) is 0 Å². The lowest BCUT2D eigenvalue weighted by atomic mass is 9.90. The second-order valence-electron chi connectivity index (χ2n) is 7.29. The standard InChI is InChI=1S/C22H18N2O5/c1-11(2)13-8-6-7-12(3)17(13)24-21(27)18(25)16(19(26)22(24)28)20-23-14-9-4-5-10-15(14)29-20/h4-11,16H,1-3H3. The lowest BCUT2D eigenvalue weighted by Gasteiger charge is -2.30. The monoisotopic (exact) mass is 390 g/mol. The maximum absolute atomic E-state index is 12.9. The summed E-state index contributed by atoms with van der Waals surface area (Å²) in [6, 6.07) is 12.0. The van der Waals surface area contributed by atoms with E-state index >= 15 is 0 Å². The molecular weight excluding hydrogens is 372 g/mol. The third-order valence-electron chi connectivity index (χ3n) is 5.02. The Balaban J connectivity index is 1.81. The van der Waals surface area contributed by atoms with E-state index in [1.54, 1.807) is 49.4 Å². The van der Waals surface area contributed by atoms with Crippen LogP contribution in [0.15, 0.2) is 46.9 Å². The number of imide groups is 1. The molecule has 3 aromatic rings. The second-order valence-corrected chi connectivity index (χ2v) is 7.29. The van der Waals surface area contributed by atoms with Crippen LogP contribution in [0.4, 0.5) is 5.69 Å². The van der Waals surface area contributed by atoms with Crippen LogP contribution >= 0.6 is 0 Å². The van der Waals surface area contributed by atoms with Crippen molar-refractivity contribution in [3.8, 4) is 0 Å². The van der Waals surface area contributed by atoms with E-state index in [4.69, 9.17) is 4.42 Å². The first-order valence-corrected chi connectivity index (χ1v) is 9.22. The largest absolute Gasteiger partial charge is 0.439 e. The van der Waals surface area contributed by atoms with Crippen molar-refractivity contribution in [2.75, 3.05) is 4.90 Å². The first kappa shape index (κ1) is 18.7. The van der Waals surface area contributed by atoms with Crippen molar-refractivity contribution < 1.29 is 23.6 Å². The van der Waals surface area contributed by atoms with Crippen LogP contribution in [0.2, 0.25) is 0 Å². The number of anilines is 1. The fourth-order valence-electron chi connectivity index (χ4n) is 3.57. The molecule has 1 aliphatic heterocycles. The van der Waals surface area contributed by atoms with Crippen molar-refractivity contribution in [3.05, 3.63) is 59.5 Å². The van der Waals surface area contributed by atoms with E-state index in [-0.39, 0.29) is 17.5 Å².